The number of likely N-dealkylation sites (tertiary alicyclic amines) is 1. The van der Waals surface area contributed by atoms with Crippen LogP contribution in [0, 0.1) is 0 Å². The molecular formula is C25H31N3S. The smallest absolute Gasteiger partial charge is 0.106 e. The van der Waals surface area contributed by atoms with Crippen molar-refractivity contribution in [1.29, 1.82) is 0 Å². The van der Waals surface area contributed by atoms with Crippen LogP contribution >= 0.6 is 11.9 Å². The molecule has 1 fully saturated rings. The topological polar surface area (TPSA) is 27.3 Å². The van der Waals surface area contributed by atoms with Crippen molar-refractivity contribution in [3.8, 4) is 0 Å². The quantitative estimate of drug-likeness (QED) is 0.611. The molecule has 152 valence electrons. The zero-order valence-electron chi connectivity index (χ0n) is 17.4. The maximum absolute atomic E-state index is 4.26. The molecule has 1 saturated heterocycles. The fraction of sp³-hybridized carbons (Fsp3) is 0.440. The van der Waals surface area contributed by atoms with Crippen LogP contribution in [0.3, 0.4) is 0 Å². The Morgan fingerprint density at radius 2 is 1.69 bits per heavy atom. The van der Waals surface area contributed by atoms with E-state index in [0.717, 1.165) is 5.82 Å². The number of rotatable bonds is 6. The molecule has 0 aromatic heterocycles. The van der Waals surface area contributed by atoms with E-state index in [4.69, 9.17) is 0 Å². The maximum atomic E-state index is 4.26. The molecule has 2 aliphatic carbocycles. The predicted octanol–water partition coefficient (Wildman–Crippen LogP) is 5.61. The van der Waals surface area contributed by atoms with Crippen molar-refractivity contribution >= 4 is 17.6 Å². The molecule has 1 unspecified atom stereocenters. The zero-order valence-corrected chi connectivity index (χ0v) is 18.2. The number of hydrogen-bond donors (Lipinski definition) is 2. The van der Waals surface area contributed by atoms with Crippen LogP contribution in [0.15, 0.2) is 47.6 Å². The van der Waals surface area contributed by atoms with Gasteiger partial charge in [-0.15, -0.1) is 0 Å². The second-order valence-electron chi connectivity index (χ2n) is 8.75. The first-order chi connectivity index (χ1) is 14.2. The van der Waals surface area contributed by atoms with Gasteiger partial charge < -0.3 is 10.0 Å². The largest absolute Gasteiger partial charge is 0.341 e. The summed E-state index contributed by atoms with van der Waals surface area (Å²) >= 11 is 1.64. The van der Waals surface area contributed by atoms with Gasteiger partial charge in [0.25, 0.3) is 0 Å². The lowest BCUT2D eigenvalue weighted by atomic mass is 9.99. The minimum absolute atomic E-state index is 0.584. The van der Waals surface area contributed by atoms with Crippen LogP contribution in [-0.2, 0) is 25.7 Å². The van der Waals surface area contributed by atoms with Gasteiger partial charge in [-0.2, -0.15) is 0 Å². The van der Waals surface area contributed by atoms with Crippen molar-refractivity contribution in [2.45, 2.75) is 62.3 Å². The van der Waals surface area contributed by atoms with Crippen LogP contribution in [0.1, 0.15) is 59.5 Å². The Bertz CT molecular complexity index is 886. The van der Waals surface area contributed by atoms with Crippen molar-refractivity contribution in [2.24, 2.45) is 0 Å². The molecule has 1 heterocycles. The highest BCUT2D eigenvalue weighted by atomic mass is 32.2. The molecule has 0 bridgehead atoms. The van der Waals surface area contributed by atoms with Crippen molar-refractivity contribution in [2.75, 3.05) is 18.9 Å². The highest BCUT2D eigenvalue weighted by molar-refractivity contribution is 7.97. The summed E-state index contributed by atoms with van der Waals surface area (Å²) in [4.78, 5) is 3.68. The van der Waals surface area contributed by atoms with E-state index in [-0.39, 0.29) is 0 Å². The summed E-state index contributed by atoms with van der Waals surface area (Å²) in [6.07, 6.45) is 9.99. The second-order valence-corrected chi connectivity index (χ2v) is 9.63. The molecule has 0 spiro atoms. The number of anilines is 1. The van der Waals surface area contributed by atoms with Crippen LogP contribution in [0.4, 0.5) is 5.69 Å². The van der Waals surface area contributed by atoms with E-state index >= 15 is 0 Å². The van der Waals surface area contributed by atoms with E-state index < -0.39 is 0 Å². The molecule has 2 aromatic carbocycles. The molecule has 2 N–H and O–H groups in total. The van der Waals surface area contributed by atoms with Crippen molar-refractivity contribution in [3.05, 3.63) is 70.5 Å². The molecule has 1 atom stereocenters. The first kappa shape index (κ1) is 19.1. The highest BCUT2D eigenvalue weighted by Crippen LogP contribution is 2.39. The number of nitrogens with zero attached hydrogens (tertiary/aromatic N) is 1. The van der Waals surface area contributed by atoms with E-state index in [1.807, 2.05) is 0 Å². The predicted molar refractivity (Wildman–Crippen MR) is 123 cm³/mol. The molecule has 0 saturated carbocycles. The number of nitrogens with one attached hydrogen (secondary N) is 2. The first-order valence-corrected chi connectivity index (χ1v) is 11.9. The van der Waals surface area contributed by atoms with E-state index in [0.29, 0.717) is 6.04 Å². The van der Waals surface area contributed by atoms with Crippen LogP contribution < -0.4 is 10.0 Å². The average molecular weight is 406 g/mol. The maximum Gasteiger partial charge on any atom is 0.106 e. The highest BCUT2D eigenvalue weighted by Gasteiger charge is 2.24. The molecule has 2 aromatic rings. The van der Waals surface area contributed by atoms with Gasteiger partial charge in [-0.05, 0) is 117 Å². The lowest BCUT2D eigenvalue weighted by Crippen LogP contribution is -2.17. The van der Waals surface area contributed by atoms with Crippen LogP contribution in [0.25, 0.3) is 0 Å². The Morgan fingerprint density at radius 3 is 2.31 bits per heavy atom. The molecule has 4 heteroatoms. The van der Waals surface area contributed by atoms with Crippen molar-refractivity contribution < 1.29 is 0 Å². The van der Waals surface area contributed by atoms with E-state index in [1.165, 1.54) is 85.2 Å². The van der Waals surface area contributed by atoms with Crippen molar-refractivity contribution in [3.63, 3.8) is 0 Å². The van der Waals surface area contributed by atoms with E-state index in [1.54, 1.807) is 23.1 Å². The molecule has 3 nitrogen and oxygen atoms in total. The standard InChI is InChI=1S/C25H31N3S/c1-17(26-25-22-8-3-6-19(22)16-20-7-4-9-23(20)25)27-29-21-13-11-18(12-14-21)24-10-5-15-28(24)2/h11-14,16,24,26-27H,1,3-10,15H2,2H3. The fourth-order valence-electron chi connectivity index (χ4n) is 5.35. The molecule has 3 aliphatic rings. The zero-order chi connectivity index (χ0) is 19.8. The van der Waals surface area contributed by atoms with Gasteiger partial charge in [0.1, 0.15) is 5.82 Å². The lowest BCUT2D eigenvalue weighted by Gasteiger charge is -2.20. The minimum Gasteiger partial charge on any atom is -0.341 e. The monoisotopic (exact) mass is 405 g/mol. The number of fused-ring (bicyclic) bond motifs is 2. The summed E-state index contributed by atoms with van der Waals surface area (Å²) in [5, 5.41) is 3.64. The van der Waals surface area contributed by atoms with Gasteiger partial charge in [-0.3, -0.25) is 4.90 Å². The van der Waals surface area contributed by atoms with Crippen LogP contribution in [0.5, 0.6) is 0 Å². The summed E-state index contributed by atoms with van der Waals surface area (Å²) in [7, 11) is 2.23. The van der Waals surface area contributed by atoms with E-state index in [9.17, 15) is 0 Å². The molecule has 1 aliphatic heterocycles. The SMILES string of the molecule is C=C(NSc1ccc(C2CCCN2C)cc1)Nc1c2c(cc3c1CCC3)CCC2. The first-order valence-electron chi connectivity index (χ1n) is 11.0. The fourth-order valence-corrected chi connectivity index (χ4v) is 5.92. The van der Waals surface area contributed by atoms with Crippen LogP contribution in [-0.4, -0.2) is 18.5 Å². The molecule has 5 rings (SSSR count). The van der Waals surface area contributed by atoms with Gasteiger partial charge in [-0.1, -0.05) is 24.8 Å². The number of benzene rings is 2. The lowest BCUT2D eigenvalue weighted by molar-refractivity contribution is 0.317. The van der Waals surface area contributed by atoms with Gasteiger partial charge in [-0.25, -0.2) is 0 Å². The normalized spacial score (nSPS) is 20.5. The Kier molecular flexibility index (Phi) is 5.31. The third-order valence-corrected chi connectivity index (χ3v) is 7.68. The van der Waals surface area contributed by atoms with Crippen molar-refractivity contribution in [1.82, 2.24) is 9.62 Å². The second kappa shape index (κ2) is 8.08. The third-order valence-electron chi connectivity index (χ3n) is 6.83. The number of aryl methyl sites for hydroxylation is 2. The Balaban J connectivity index is 1.23. The summed E-state index contributed by atoms with van der Waals surface area (Å²) in [6, 6.07) is 12.1. The van der Waals surface area contributed by atoms with Gasteiger partial charge in [0.2, 0.25) is 0 Å². The van der Waals surface area contributed by atoms with Gasteiger partial charge in [0, 0.05) is 16.6 Å². The van der Waals surface area contributed by atoms with Gasteiger partial charge in [0.05, 0.1) is 0 Å². The summed E-state index contributed by atoms with van der Waals surface area (Å²) in [5.41, 5.74) is 8.96. The number of hydrogen-bond acceptors (Lipinski definition) is 4. The van der Waals surface area contributed by atoms with Gasteiger partial charge in [0.15, 0.2) is 0 Å². The van der Waals surface area contributed by atoms with Crippen LogP contribution in [0.2, 0.25) is 0 Å². The summed E-state index contributed by atoms with van der Waals surface area (Å²) < 4.78 is 3.43. The van der Waals surface area contributed by atoms with Gasteiger partial charge >= 0.3 is 0 Å². The summed E-state index contributed by atoms with van der Waals surface area (Å²) in [5.74, 6) is 0.879. The molecule has 29 heavy (non-hydrogen) atoms. The minimum atomic E-state index is 0.584. The third kappa shape index (κ3) is 3.80. The Hall–Kier alpha value is -1.91. The van der Waals surface area contributed by atoms with E-state index in [2.05, 4.69) is 58.9 Å². The average Bonchev–Trinajstić information content (AvgIpc) is 3.47. The Labute approximate surface area is 179 Å². The molecule has 0 radical (unpaired) electrons. The molecule has 0 amide bonds. The Morgan fingerprint density at radius 1 is 1.00 bits per heavy atom. The molecular weight excluding hydrogens is 374 g/mol. The summed E-state index contributed by atoms with van der Waals surface area (Å²) in [6.45, 7) is 5.47.